The van der Waals surface area contributed by atoms with Crippen LogP contribution in [0.5, 0.6) is 5.75 Å². The largest absolute Gasteiger partial charge is 0.494 e. The third-order valence-electron chi connectivity index (χ3n) is 3.22. The molecule has 2 aromatic rings. The van der Waals surface area contributed by atoms with E-state index in [4.69, 9.17) is 4.74 Å². The van der Waals surface area contributed by atoms with Crippen molar-refractivity contribution in [1.29, 1.82) is 0 Å². The summed E-state index contributed by atoms with van der Waals surface area (Å²) in [6.07, 6.45) is 1.33. The Balaban J connectivity index is 1.69. The van der Waals surface area contributed by atoms with Crippen molar-refractivity contribution in [2.45, 2.75) is 12.8 Å². The van der Waals surface area contributed by atoms with Gasteiger partial charge in [0.05, 0.1) is 13.2 Å². The molecule has 0 atom stereocenters. The van der Waals surface area contributed by atoms with Crippen LogP contribution < -0.4 is 4.74 Å². The molecule has 0 aliphatic carbocycles. The van der Waals surface area contributed by atoms with Crippen LogP contribution in [0, 0.1) is 0 Å². The first-order chi connectivity index (χ1) is 11.2. The zero-order chi connectivity index (χ0) is 16.5. The van der Waals surface area contributed by atoms with E-state index in [2.05, 4.69) is 23.4 Å². The lowest BCUT2D eigenvalue weighted by atomic mass is 10.1. The van der Waals surface area contributed by atoms with Crippen LogP contribution in [-0.2, 0) is 9.53 Å². The van der Waals surface area contributed by atoms with Crippen molar-refractivity contribution in [3.63, 3.8) is 0 Å². The van der Waals surface area contributed by atoms with Gasteiger partial charge in [-0.3, -0.25) is 0 Å². The summed E-state index contributed by atoms with van der Waals surface area (Å²) in [5.41, 5.74) is 2.30. The first-order valence-electron chi connectivity index (χ1n) is 7.46. The Morgan fingerprint density at radius 2 is 1.52 bits per heavy atom. The molecule has 0 N–H and O–H groups in total. The summed E-state index contributed by atoms with van der Waals surface area (Å²) in [5.74, 6) is -1.28. The standard InChI is InChI=1S/C19H19FO3/c1-15(20)19(21)23-14-6-5-13-22-18-11-9-17(10-12-18)16-7-3-2-4-8-16/h2-4,7-12H,1,5-6,13-14H2. The van der Waals surface area contributed by atoms with Gasteiger partial charge in [0, 0.05) is 0 Å². The van der Waals surface area contributed by atoms with Crippen LogP contribution in [0.25, 0.3) is 11.1 Å². The van der Waals surface area contributed by atoms with Crippen LogP contribution in [-0.4, -0.2) is 19.2 Å². The Morgan fingerprint density at radius 1 is 0.913 bits per heavy atom. The summed E-state index contributed by atoms with van der Waals surface area (Å²) >= 11 is 0. The highest BCUT2D eigenvalue weighted by Gasteiger charge is 2.06. The number of ether oxygens (including phenoxy) is 2. The van der Waals surface area contributed by atoms with E-state index in [-0.39, 0.29) is 6.61 Å². The molecule has 0 spiro atoms. The maximum Gasteiger partial charge on any atom is 0.366 e. The van der Waals surface area contributed by atoms with Crippen LogP contribution >= 0.6 is 0 Å². The molecule has 0 radical (unpaired) electrons. The summed E-state index contributed by atoms with van der Waals surface area (Å²) < 4.78 is 22.6. The highest BCUT2D eigenvalue weighted by Crippen LogP contribution is 2.22. The Morgan fingerprint density at radius 3 is 2.17 bits per heavy atom. The van der Waals surface area contributed by atoms with E-state index in [1.807, 2.05) is 42.5 Å². The molecule has 0 bridgehead atoms. The Labute approximate surface area is 135 Å². The molecule has 0 aliphatic heterocycles. The van der Waals surface area contributed by atoms with Crippen molar-refractivity contribution in [3.05, 3.63) is 67.0 Å². The maximum absolute atomic E-state index is 12.4. The molecule has 0 aromatic heterocycles. The van der Waals surface area contributed by atoms with Gasteiger partial charge in [-0.1, -0.05) is 49.0 Å². The zero-order valence-corrected chi connectivity index (χ0v) is 12.8. The van der Waals surface area contributed by atoms with Gasteiger partial charge in [0.25, 0.3) is 0 Å². The average molecular weight is 314 g/mol. The predicted octanol–water partition coefficient (Wildman–Crippen LogP) is 4.54. The van der Waals surface area contributed by atoms with Crippen LogP contribution in [0.15, 0.2) is 67.0 Å². The van der Waals surface area contributed by atoms with E-state index in [0.29, 0.717) is 19.4 Å². The molecule has 2 aromatic carbocycles. The highest BCUT2D eigenvalue weighted by atomic mass is 19.1. The Hall–Kier alpha value is -2.62. The van der Waals surface area contributed by atoms with Crippen molar-refractivity contribution >= 4 is 5.97 Å². The van der Waals surface area contributed by atoms with Gasteiger partial charge >= 0.3 is 5.97 Å². The van der Waals surface area contributed by atoms with Crippen molar-refractivity contribution in [2.75, 3.05) is 13.2 Å². The number of unbranched alkanes of at least 4 members (excludes halogenated alkanes) is 1. The van der Waals surface area contributed by atoms with Crippen molar-refractivity contribution < 1.29 is 18.7 Å². The number of carbonyl (C=O) groups excluding carboxylic acids is 1. The number of hydrogen-bond acceptors (Lipinski definition) is 3. The van der Waals surface area contributed by atoms with Crippen LogP contribution in [0.1, 0.15) is 12.8 Å². The molecular weight excluding hydrogens is 295 g/mol. The summed E-state index contributed by atoms with van der Waals surface area (Å²) in [4.78, 5) is 10.8. The molecule has 0 fully saturated rings. The Kier molecular flexibility index (Phi) is 6.36. The van der Waals surface area contributed by atoms with Gasteiger partial charge in [-0.2, -0.15) is 4.39 Å². The fraction of sp³-hybridized carbons (Fsp3) is 0.211. The molecule has 3 nitrogen and oxygen atoms in total. The van der Waals surface area contributed by atoms with Crippen LogP contribution in [0.2, 0.25) is 0 Å². The van der Waals surface area contributed by atoms with Crippen molar-refractivity contribution in [1.82, 2.24) is 0 Å². The lowest BCUT2D eigenvalue weighted by Crippen LogP contribution is -2.07. The molecule has 2 rings (SSSR count). The average Bonchev–Trinajstić information content (AvgIpc) is 2.59. The number of benzene rings is 2. The van der Waals surface area contributed by atoms with Gasteiger partial charge in [0.1, 0.15) is 5.75 Å². The smallest absolute Gasteiger partial charge is 0.366 e. The zero-order valence-electron chi connectivity index (χ0n) is 12.8. The van der Waals surface area contributed by atoms with Gasteiger partial charge in [-0.15, -0.1) is 0 Å². The van der Waals surface area contributed by atoms with E-state index in [1.54, 1.807) is 0 Å². The minimum atomic E-state index is -1.07. The first-order valence-corrected chi connectivity index (χ1v) is 7.46. The molecule has 120 valence electrons. The fourth-order valence-electron chi connectivity index (χ4n) is 2.01. The molecule has 23 heavy (non-hydrogen) atoms. The number of hydrogen-bond donors (Lipinski definition) is 0. The lowest BCUT2D eigenvalue weighted by molar-refractivity contribution is -0.140. The topological polar surface area (TPSA) is 35.5 Å². The minimum Gasteiger partial charge on any atom is -0.494 e. The summed E-state index contributed by atoms with van der Waals surface area (Å²) in [6, 6.07) is 18.0. The van der Waals surface area contributed by atoms with Gasteiger partial charge < -0.3 is 9.47 Å². The van der Waals surface area contributed by atoms with Gasteiger partial charge in [0.15, 0.2) is 0 Å². The summed E-state index contributed by atoms with van der Waals surface area (Å²) in [7, 11) is 0. The second-order valence-electron chi connectivity index (χ2n) is 4.99. The highest BCUT2D eigenvalue weighted by molar-refractivity contribution is 5.85. The van der Waals surface area contributed by atoms with Gasteiger partial charge in [0.2, 0.25) is 5.83 Å². The van der Waals surface area contributed by atoms with Crippen LogP contribution in [0.4, 0.5) is 4.39 Å². The quantitative estimate of drug-likeness (QED) is 0.408. The fourth-order valence-corrected chi connectivity index (χ4v) is 2.01. The summed E-state index contributed by atoms with van der Waals surface area (Å²) in [5, 5.41) is 0. The predicted molar refractivity (Wildman–Crippen MR) is 87.8 cm³/mol. The van der Waals surface area contributed by atoms with E-state index >= 15 is 0 Å². The third kappa shape index (κ3) is 5.58. The SMILES string of the molecule is C=C(F)C(=O)OCCCCOc1ccc(-c2ccccc2)cc1. The molecule has 0 unspecified atom stereocenters. The first kappa shape index (κ1) is 16.7. The molecule has 0 saturated carbocycles. The van der Waals surface area contributed by atoms with Gasteiger partial charge in [-0.05, 0) is 36.1 Å². The molecular formula is C19H19FO3. The molecule has 0 saturated heterocycles. The van der Waals surface area contributed by atoms with Crippen LogP contribution in [0.3, 0.4) is 0 Å². The van der Waals surface area contributed by atoms with Crippen molar-refractivity contribution in [3.8, 4) is 16.9 Å². The van der Waals surface area contributed by atoms with Gasteiger partial charge in [-0.25, -0.2) is 4.79 Å². The number of halogens is 1. The number of carbonyl (C=O) groups is 1. The van der Waals surface area contributed by atoms with Crippen molar-refractivity contribution in [2.24, 2.45) is 0 Å². The molecule has 4 heteroatoms. The van der Waals surface area contributed by atoms with E-state index in [1.165, 1.54) is 0 Å². The van der Waals surface area contributed by atoms with E-state index in [0.717, 1.165) is 16.9 Å². The lowest BCUT2D eigenvalue weighted by Gasteiger charge is -2.08. The summed E-state index contributed by atoms with van der Waals surface area (Å²) in [6.45, 7) is 3.55. The maximum atomic E-state index is 12.4. The molecule has 0 heterocycles. The van der Waals surface area contributed by atoms with E-state index < -0.39 is 11.8 Å². The normalized spacial score (nSPS) is 10.1. The van der Waals surface area contributed by atoms with E-state index in [9.17, 15) is 9.18 Å². The molecule has 0 aliphatic rings. The number of rotatable bonds is 8. The Bertz CT molecular complexity index is 635. The third-order valence-corrected chi connectivity index (χ3v) is 3.22. The molecule has 0 amide bonds. The monoisotopic (exact) mass is 314 g/mol. The minimum absolute atomic E-state index is 0.165. The number of esters is 1. The second kappa shape index (κ2) is 8.73. The second-order valence-corrected chi connectivity index (χ2v) is 4.99.